The summed E-state index contributed by atoms with van der Waals surface area (Å²) in [6.45, 7) is 8.17. The number of pyridine rings is 1. The van der Waals surface area contributed by atoms with E-state index < -0.39 is 5.54 Å². The number of amides is 3. The van der Waals surface area contributed by atoms with Gasteiger partial charge in [-0.25, -0.2) is 9.69 Å². The number of hydrogen-bond donors (Lipinski definition) is 0. The fourth-order valence-corrected chi connectivity index (χ4v) is 4.21. The molecular formula is C21H24ClN3O2S. The molecule has 2 aromatic rings. The van der Waals surface area contributed by atoms with Crippen LogP contribution in [-0.2, 0) is 11.3 Å². The lowest BCUT2D eigenvalue weighted by Gasteiger charge is -2.27. The molecule has 0 atom stereocenters. The highest BCUT2D eigenvalue weighted by Crippen LogP contribution is 2.37. The number of carbonyl (C=O) groups is 2. The predicted molar refractivity (Wildman–Crippen MR) is 114 cm³/mol. The molecule has 0 radical (unpaired) electrons. The third-order valence-electron chi connectivity index (χ3n) is 4.66. The minimum Gasteiger partial charge on any atom is -0.305 e. The highest BCUT2D eigenvalue weighted by atomic mass is 35.5. The number of urea groups is 1. The minimum absolute atomic E-state index is 0.259. The van der Waals surface area contributed by atoms with Gasteiger partial charge in [-0.3, -0.25) is 9.78 Å². The third kappa shape index (κ3) is 4.03. The molecule has 7 heteroatoms. The van der Waals surface area contributed by atoms with Gasteiger partial charge in [0.05, 0.1) is 10.7 Å². The Morgan fingerprint density at radius 2 is 1.82 bits per heavy atom. The van der Waals surface area contributed by atoms with Crippen molar-refractivity contribution in [3.05, 3.63) is 53.3 Å². The molecule has 1 aromatic carbocycles. The second-order valence-corrected chi connectivity index (χ2v) is 9.21. The lowest BCUT2D eigenvalue weighted by atomic mass is 10.0. The Morgan fingerprint density at radius 1 is 1.14 bits per heavy atom. The Balaban J connectivity index is 1.87. The molecule has 1 aliphatic heterocycles. The average Bonchev–Trinajstić information content (AvgIpc) is 2.81. The van der Waals surface area contributed by atoms with Crippen molar-refractivity contribution in [2.24, 2.45) is 5.92 Å². The van der Waals surface area contributed by atoms with Crippen molar-refractivity contribution in [3.63, 3.8) is 0 Å². The first kappa shape index (κ1) is 20.7. The summed E-state index contributed by atoms with van der Waals surface area (Å²) in [4.78, 5) is 33.9. The summed E-state index contributed by atoms with van der Waals surface area (Å²) >= 11 is 8.11. The lowest BCUT2D eigenvalue weighted by Crippen LogP contribution is -2.43. The molecule has 1 aromatic heterocycles. The van der Waals surface area contributed by atoms with Crippen LogP contribution in [0.5, 0.6) is 0 Å². The summed E-state index contributed by atoms with van der Waals surface area (Å²) in [5, 5.41) is 0.550. The smallest absolute Gasteiger partial charge is 0.305 e. The van der Waals surface area contributed by atoms with E-state index >= 15 is 0 Å². The summed E-state index contributed by atoms with van der Waals surface area (Å²) in [5.74, 6) is 1.24. The summed E-state index contributed by atoms with van der Waals surface area (Å²) in [6.07, 6.45) is 3.35. The highest BCUT2D eigenvalue weighted by Gasteiger charge is 2.51. The number of thioether (sulfide) groups is 1. The molecule has 3 rings (SSSR count). The fourth-order valence-electron chi connectivity index (χ4n) is 3.00. The van der Waals surface area contributed by atoms with Crippen molar-refractivity contribution < 1.29 is 9.59 Å². The molecule has 0 N–H and O–H groups in total. The summed E-state index contributed by atoms with van der Waals surface area (Å²) < 4.78 is 0. The van der Waals surface area contributed by atoms with E-state index in [1.54, 1.807) is 55.0 Å². The maximum atomic E-state index is 13.1. The number of aromatic nitrogens is 1. The van der Waals surface area contributed by atoms with E-state index in [1.807, 2.05) is 18.2 Å². The van der Waals surface area contributed by atoms with Crippen molar-refractivity contribution in [2.75, 3.05) is 10.7 Å². The van der Waals surface area contributed by atoms with E-state index in [4.69, 9.17) is 11.6 Å². The van der Waals surface area contributed by atoms with Crippen LogP contribution in [0.1, 0.15) is 33.3 Å². The zero-order chi connectivity index (χ0) is 20.5. The van der Waals surface area contributed by atoms with E-state index in [1.165, 1.54) is 4.90 Å². The van der Waals surface area contributed by atoms with E-state index in [9.17, 15) is 9.59 Å². The number of halogens is 1. The van der Waals surface area contributed by atoms with Gasteiger partial charge >= 0.3 is 6.03 Å². The quantitative estimate of drug-likeness (QED) is 0.477. The molecule has 0 aliphatic carbocycles. The number of carbonyl (C=O) groups excluding carboxylic acids is 2. The largest absolute Gasteiger partial charge is 0.332 e. The van der Waals surface area contributed by atoms with Gasteiger partial charge in [-0.2, -0.15) is 0 Å². The predicted octanol–water partition coefficient (Wildman–Crippen LogP) is 5.23. The van der Waals surface area contributed by atoms with Gasteiger partial charge in [-0.15, -0.1) is 11.8 Å². The molecule has 0 bridgehead atoms. The zero-order valence-electron chi connectivity index (χ0n) is 16.5. The molecule has 2 heterocycles. The Labute approximate surface area is 175 Å². The molecule has 148 valence electrons. The van der Waals surface area contributed by atoms with Crippen LogP contribution >= 0.6 is 23.4 Å². The number of anilines is 1. The summed E-state index contributed by atoms with van der Waals surface area (Å²) in [5.41, 5.74) is 0.474. The Kier molecular flexibility index (Phi) is 6.01. The lowest BCUT2D eigenvalue weighted by molar-refractivity contribution is -0.123. The van der Waals surface area contributed by atoms with Crippen molar-refractivity contribution in [3.8, 4) is 0 Å². The van der Waals surface area contributed by atoms with Crippen LogP contribution in [0.4, 0.5) is 10.5 Å². The second kappa shape index (κ2) is 8.13. The maximum absolute atomic E-state index is 13.1. The van der Waals surface area contributed by atoms with Gasteiger partial charge in [0.25, 0.3) is 5.91 Å². The Morgan fingerprint density at radius 3 is 2.43 bits per heavy atom. The van der Waals surface area contributed by atoms with Crippen molar-refractivity contribution in [1.82, 2.24) is 9.88 Å². The Bertz CT molecular complexity index is 886. The van der Waals surface area contributed by atoms with E-state index in [0.717, 1.165) is 16.2 Å². The van der Waals surface area contributed by atoms with Crippen LogP contribution in [0, 0.1) is 5.92 Å². The molecule has 5 nitrogen and oxygen atoms in total. The first-order valence-electron chi connectivity index (χ1n) is 9.19. The van der Waals surface area contributed by atoms with Crippen molar-refractivity contribution >= 4 is 41.0 Å². The van der Waals surface area contributed by atoms with Gasteiger partial charge in [0.15, 0.2) is 0 Å². The molecular weight excluding hydrogens is 394 g/mol. The van der Waals surface area contributed by atoms with E-state index in [-0.39, 0.29) is 11.9 Å². The van der Waals surface area contributed by atoms with Gasteiger partial charge in [0.1, 0.15) is 5.54 Å². The highest BCUT2D eigenvalue weighted by molar-refractivity contribution is 7.99. The first-order chi connectivity index (χ1) is 13.2. The average molecular weight is 418 g/mol. The molecule has 0 saturated carbocycles. The van der Waals surface area contributed by atoms with Crippen LogP contribution in [0.2, 0.25) is 5.02 Å². The number of imide groups is 1. The molecule has 1 aliphatic rings. The number of hydrogen-bond acceptors (Lipinski definition) is 4. The summed E-state index contributed by atoms with van der Waals surface area (Å²) in [6, 6.07) is 8.71. The zero-order valence-corrected chi connectivity index (χ0v) is 18.0. The molecule has 3 amide bonds. The van der Waals surface area contributed by atoms with Gasteiger partial charge in [-0.1, -0.05) is 25.4 Å². The van der Waals surface area contributed by atoms with Crippen molar-refractivity contribution in [1.29, 1.82) is 0 Å². The van der Waals surface area contributed by atoms with Gasteiger partial charge < -0.3 is 4.90 Å². The molecule has 1 fully saturated rings. The van der Waals surface area contributed by atoms with Crippen LogP contribution in [0.3, 0.4) is 0 Å². The first-order valence-corrected chi connectivity index (χ1v) is 10.6. The molecule has 1 saturated heterocycles. The van der Waals surface area contributed by atoms with E-state index in [0.29, 0.717) is 23.2 Å². The third-order valence-corrected chi connectivity index (χ3v) is 6.58. The molecule has 28 heavy (non-hydrogen) atoms. The SMILES string of the molecule is CC(C)CSc1ccc(N2C(=O)N(Cc3ccncc3)C(C)(C)C2=O)cc1Cl. The second-order valence-electron chi connectivity index (χ2n) is 7.74. The standard InChI is InChI=1S/C21H24ClN3O2S/c1-14(2)13-28-18-6-5-16(11-17(18)22)25-19(26)21(3,4)24(20(25)27)12-15-7-9-23-10-8-15/h5-11,14H,12-13H2,1-4H3. The van der Waals surface area contributed by atoms with E-state index in [2.05, 4.69) is 18.8 Å². The fraction of sp³-hybridized carbons (Fsp3) is 0.381. The topological polar surface area (TPSA) is 53.5 Å². The maximum Gasteiger partial charge on any atom is 0.332 e. The summed E-state index contributed by atoms with van der Waals surface area (Å²) in [7, 11) is 0. The van der Waals surface area contributed by atoms with Gasteiger partial charge in [0, 0.05) is 29.6 Å². The molecule has 0 spiro atoms. The normalized spacial score (nSPS) is 16.4. The minimum atomic E-state index is -0.947. The van der Waals surface area contributed by atoms with Crippen LogP contribution in [0.15, 0.2) is 47.6 Å². The van der Waals surface area contributed by atoms with Gasteiger partial charge in [0.2, 0.25) is 0 Å². The Hall–Kier alpha value is -2.05. The van der Waals surface area contributed by atoms with Gasteiger partial charge in [-0.05, 0) is 55.7 Å². The van der Waals surface area contributed by atoms with Crippen LogP contribution < -0.4 is 4.90 Å². The van der Waals surface area contributed by atoms with Crippen molar-refractivity contribution in [2.45, 2.75) is 44.7 Å². The van der Waals surface area contributed by atoms with Crippen LogP contribution in [0.25, 0.3) is 0 Å². The number of benzene rings is 1. The monoisotopic (exact) mass is 417 g/mol. The number of nitrogens with zero attached hydrogens (tertiary/aromatic N) is 3. The molecule has 0 unspecified atom stereocenters. The van der Waals surface area contributed by atoms with Crippen LogP contribution in [-0.4, -0.2) is 33.1 Å². The number of rotatable bonds is 6.